The van der Waals surface area contributed by atoms with Crippen molar-refractivity contribution in [3.05, 3.63) is 87.4 Å². The molecule has 0 aliphatic carbocycles. The standard InChI is InChI=1S/C22H20N4O4/c1-14-4-7-16(8-5-14)21-17(25-12-15(2)6-10-19(25)23-21)13-24(3)22(27)18-9-11-20(30-18)26(28)29/h4-12H,13H2,1-3H3. The number of pyridine rings is 1. The van der Waals surface area contributed by atoms with Gasteiger partial charge in [0, 0.05) is 18.8 Å². The van der Waals surface area contributed by atoms with E-state index in [4.69, 9.17) is 9.40 Å². The van der Waals surface area contributed by atoms with Crippen molar-refractivity contribution in [2.75, 3.05) is 7.05 Å². The first kappa shape index (κ1) is 19.4. The summed E-state index contributed by atoms with van der Waals surface area (Å²) < 4.78 is 7.04. The number of benzene rings is 1. The van der Waals surface area contributed by atoms with Crippen molar-refractivity contribution in [2.24, 2.45) is 0 Å². The molecule has 0 unspecified atom stereocenters. The zero-order valence-corrected chi connectivity index (χ0v) is 16.8. The number of aryl methyl sites for hydroxylation is 2. The fourth-order valence-corrected chi connectivity index (χ4v) is 3.32. The van der Waals surface area contributed by atoms with Crippen molar-refractivity contribution >= 4 is 17.4 Å². The molecule has 3 aromatic heterocycles. The van der Waals surface area contributed by atoms with E-state index in [1.165, 1.54) is 17.0 Å². The van der Waals surface area contributed by atoms with Crippen molar-refractivity contribution in [2.45, 2.75) is 20.4 Å². The summed E-state index contributed by atoms with van der Waals surface area (Å²) in [5, 5.41) is 10.8. The quantitative estimate of drug-likeness (QED) is 0.363. The average Bonchev–Trinajstić information content (AvgIpc) is 3.34. The number of amides is 1. The van der Waals surface area contributed by atoms with Gasteiger partial charge in [-0.15, -0.1) is 0 Å². The fraction of sp³-hybridized carbons (Fsp3) is 0.182. The molecular formula is C22H20N4O4. The number of furan rings is 1. The summed E-state index contributed by atoms with van der Waals surface area (Å²) in [6.45, 7) is 4.26. The van der Waals surface area contributed by atoms with Gasteiger partial charge in [0.15, 0.2) is 5.76 Å². The lowest BCUT2D eigenvalue weighted by Gasteiger charge is -2.17. The summed E-state index contributed by atoms with van der Waals surface area (Å²) in [7, 11) is 1.63. The van der Waals surface area contributed by atoms with Gasteiger partial charge in [-0.25, -0.2) is 4.98 Å². The number of fused-ring (bicyclic) bond motifs is 1. The second kappa shape index (κ2) is 7.47. The van der Waals surface area contributed by atoms with E-state index in [-0.39, 0.29) is 12.3 Å². The maximum atomic E-state index is 12.8. The van der Waals surface area contributed by atoms with Gasteiger partial charge in [-0.3, -0.25) is 14.9 Å². The molecule has 4 aromatic rings. The van der Waals surface area contributed by atoms with E-state index in [9.17, 15) is 14.9 Å². The third-order valence-electron chi connectivity index (χ3n) is 4.91. The molecule has 0 saturated heterocycles. The maximum Gasteiger partial charge on any atom is 0.433 e. The number of nitrogens with zero attached hydrogens (tertiary/aromatic N) is 4. The zero-order chi connectivity index (χ0) is 21.4. The summed E-state index contributed by atoms with van der Waals surface area (Å²) in [6, 6.07) is 14.5. The number of hydrogen-bond donors (Lipinski definition) is 0. The number of nitro groups is 1. The fourth-order valence-electron chi connectivity index (χ4n) is 3.32. The largest absolute Gasteiger partial charge is 0.433 e. The van der Waals surface area contributed by atoms with Crippen LogP contribution in [0.1, 0.15) is 27.4 Å². The maximum absolute atomic E-state index is 12.8. The molecule has 8 nitrogen and oxygen atoms in total. The molecule has 152 valence electrons. The highest BCUT2D eigenvalue weighted by molar-refractivity contribution is 5.91. The molecule has 0 aliphatic rings. The van der Waals surface area contributed by atoms with Gasteiger partial charge in [0.05, 0.1) is 24.0 Å². The first-order valence-corrected chi connectivity index (χ1v) is 9.38. The molecule has 0 bridgehead atoms. The Labute approximate surface area is 172 Å². The molecule has 0 atom stereocenters. The Hall–Kier alpha value is -3.94. The first-order valence-electron chi connectivity index (χ1n) is 9.38. The summed E-state index contributed by atoms with van der Waals surface area (Å²) in [4.78, 5) is 29.2. The monoisotopic (exact) mass is 404 g/mol. The van der Waals surface area contributed by atoms with Crippen LogP contribution in [0.25, 0.3) is 16.9 Å². The minimum absolute atomic E-state index is 0.0777. The molecule has 0 fully saturated rings. The van der Waals surface area contributed by atoms with E-state index < -0.39 is 16.7 Å². The Balaban J connectivity index is 1.73. The lowest BCUT2D eigenvalue weighted by molar-refractivity contribution is -0.402. The van der Waals surface area contributed by atoms with E-state index in [2.05, 4.69) is 0 Å². The molecular weight excluding hydrogens is 384 g/mol. The van der Waals surface area contributed by atoms with Gasteiger partial charge >= 0.3 is 5.88 Å². The normalized spacial score (nSPS) is 11.0. The van der Waals surface area contributed by atoms with Crippen LogP contribution in [0.15, 0.2) is 59.1 Å². The Morgan fingerprint density at radius 1 is 1.10 bits per heavy atom. The van der Waals surface area contributed by atoms with Gasteiger partial charge in [0.25, 0.3) is 5.91 Å². The number of carbonyl (C=O) groups excluding carboxylic acids is 1. The zero-order valence-electron chi connectivity index (χ0n) is 16.8. The highest BCUT2D eigenvalue weighted by Gasteiger charge is 2.23. The molecule has 3 heterocycles. The van der Waals surface area contributed by atoms with Crippen LogP contribution in [0.4, 0.5) is 5.88 Å². The van der Waals surface area contributed by atoms with Crippen molar-refractivity contribution < 1.29 is 14.1 Å². The molecule has 0 aliphatic heterocycles. The van der Waals surface area contributed by atoms with Crippen LogP contribution in [0.5, 0.6) is 0 Å². The van der Waals surface area contributed by atoms with E-state index >= 15 is 0 Å². The van der Waals surface area contributed by atoms with E-state index in [0.29, 0.717) is 0 Å². The van der Waals surface area contributed by atoms with E-state index in [0.717, 1.165) is 33.7 Å². The van der Waals surface area contributed by atoms with Crippen LogP contribution in [0.3, 0.4) is 0 Å². The van der Waals surface area contributed by atoms with Gasteiger partial charge in [-0.2, -0.15) is 0 Å². The van der Waals surface area contributed by atoms with Crippen LogP contribution >= 0.6 is 0 Å². The van der Waals surface area contributed by atoms with Gasteiger partial charge in [0.2, 0.25) is 0 Å². The smallest absolute Gasteiger partial charge is 0.395 e. The molecule has 4 rings (SSSR count). The molecule has 8 heteroatoms. The molecule has 1 amide bonds. The van der Waals surface area contributed by atoms with Crippen molar-refractivity contribution in [1.82, 2.24) is 14.3 Å². The summed E-state index contributed by atoms with van der Waals surface area (Å²) in [5.74, 6) is -0.982. The number of aromatic nitrogens is 2. The summed E-state index contributed by atoms with van der Waals surface area (Å²) in [6.07, 6.45) is 1.98. The van der Waals surface area contributed by atoms with Crippen LogP contribution in [-0.4, -0.2) is 32.2 Å². The van der Waals surface area contributed by atoms with E-state index in [1.54, 1.807) is 7.05 Å². The molecule has 0 radical (unpaired) electrons. The van der Waals surface area contributed by atoms with Crippen LogP contribution in [0.2, 0.25) is 0 Å². The van der Waals surface area contributed by atoms with E-state index in [1.807, 2.05) is 60.8 Å². The predicted octanol–water partition coefficient (Wildman–Crippen LogP) is 4.39. The number of hydrogen-bond acceptors (Lipinski definition) is 5. The third-order valence-corrected chi connectivity index (χ3v) is 4.91. The second-order valence-corrected chi connectivity index (χ2v) is 7.26. The predicted molar refractivity (Wildman–Crippen MR) is 111 cm³/mol. The van der Waals surface area contributed by atoms with Crippen molar-refractivity contribution in [1.29, 1.82) is 0 Å². The van der Waals surface area contributed by atoms with Crippen molar-refractivity contribution in [3.8, 4) is 11.3 Å². The molecule has 30 heavy (non-hydrogen) atoms. The molecule has 1 aromatic carbocycles. The lowest BCUT2D eigenvalue weighted by Crippen LogP contribution is -2.26. The highest BCUT2D eigenvalue weighted by atomic mass is 16.6. The molecule has 0 saturated carbocycles. The minimum Gasteiger partial charge on any atom is -0.395 e. The highest BCUT2D eigenvalue weighted by Crippen LogP contribution is 2.27. The topological polar surface area (TPSA) is 93.9 Å². The number of imidazole rings is 1. The molecule has 0 spiro atoms. The van der Waals surface area contributed by atoms with Crippen LogP contribution in [-0.2, 0) is 6.54 Å². The third kappa shape index (κ3) is 3.55. The minimum atomic E-state index is -0.667. The van der Waals surface area contributed by atoms with Crippen molar-refractivity contribution in [3.63, 3.8) is 0 Å². The lowest BCUT2D eigenvalue weighted by atomic mass is 10.1. The van der Waals surface area contributed by atoms with Gasteiger partial charge in [-0.05, 0) is 31.5 Å². The van der Waals surface area contributed by atoms with Crippen LogP contribution in [0, 0.1) is 24.0 Å². The average molecular weight is 404 g/mol. The summed E-state index contributed by atoms with van der Waals surface area (Å²) >= 11 is 0. The SMILES string of the molecule is Cc1ccc(-c2nc3ccc(C)cn3c2CN(C)C(=O)c2ccc([N+](=O)[O-])o2)cc1. The Morgan fingerprint density at radius 2 is 1.80 bits per heavy atom. The first-order chi connectivity index (χ1) is 14.3. The number of carbonyl (C=O) groups is 1. The number of rotatable bonds is 5. The second-order valence-electron chi connectivity index (χ2n) is 7.26. The Morgan fingerprint density at radius 3 is 2.47 bits per heavy atom. The Bertz CT molecular complexity index is 1250. The van der Waals surface area contributed by atoms with Gasteiger partial charge in [0.1, 0.15) is 10.6 Å². The molecule has 0 N–H and O–H groups in total. The Kier molecular flexibility index (Phi) is 4.83. The van der Waals surface area contributed by atoms with Gasteiger partial charge < -0.3 is 13.7 Å². The van der Waals surface area contributed by atoms with Gasteiger partial charge in [-0.1, -0.05) is 35.9 Å². The summed E-state index contributed by atoms with van der Waals surface area (Å²) in [5.41, 5.74) is 5.56. The van der Waals surface area contributed by atoms with Crippen LogP contribution < -0.4 is 0 Å².